The van der Waals surface area contributed by atoms with Crippen molar-refractivity contribution in [3.8, 4) is 28.5 Å². The first-order valence-corrected chi connectivity index (χ1v) is 12.3. The van der Waals surface area contributed by atoms with E-state index in [1.165, 1.54) is 17.3 Å². The lowest BCUT2D eigenvalue weighted by Gasteiger charge is -2.13. The lowest BCUT2D eigenvalue weighted by molar-refractivity contribution is -0.414. The van der Waals surface area contributed by atoms with E-state index in [0.717, 1.165) is 33.1 Å². The number of rotatable bonds is 8. The number of aliphatic hydroxyl groups excluding tert-OH is 1. The predicted molar refractivity (Wildman–Crippen MR) is 140 cm³/mol. The maximum absolute atomic E-state index is 10.6. The fourth-order valence-corrected chi connectivity index (χ4v) is 4.64. The molecule has 3 aromatic carbocycles. The zero-order valence-electron chi connectivity index (χ0n) is 18.8. The molecule has 1 unspecified atom stereocenters. The highest BCUT2D eigenvalue weighted by Crippen LogP contribution is 2.32. The SMILES string of the molecule is Cc1ccc(-c2cc(-c3ccccc3)[nH+]c(SCC(O)CNc3ccc(Cl)cc3)c2C#N)cc1. The number of nitrogens with zero attached hydrogens (tertiary/aromatic N) is 1. The van der Waals surface area contributed by atoms with Gasteiger partial charge in [-0.3, -0.25) is 0 Å². The van der Waals surface area contributed by atoms with Crippen LogP contribution in [0.4, 0.5) is 5.69 Å². The molecule has 0 bridgehead atoms. The first-order valence-electron chi connectivity index (χ1n) is 11.0. The van der Waals surface area contributed by atoms with E-state index in [1.54, 1.807) is 12.1 Å². The number of nitrogens with one attached hydrogen (secondary N) is 2. The van der Waals surface area contributed by atoms with Crippen molar-refractivity contribution in [3.05, 3.63) is 101 Å². The number of aliphatic hydroxyl groups is 1. The minimum Gasteiger partial charge on any atom is -0.390 e. The highest BCUT2D eigenvalue weighted by molar-refractivity contribution is 7.99. The third-order valence-corrected chi connectivity index (χ3v) is 6.80. The first kappa shape index (κ1) is 23.8. The molecule has 0 spiro atoms. The average molecular weight is 487 g/mol. The van der Waals surface area contributed by atoms with E-state index in [1.807, 2.05) is 79.7 Å². The molecule has 34 heavy (non-hydrogen) atoms. The molecule has 0 aliphatic heterocycles. The molecule has 0 saturated carbocycles. The van der Waals surface area contributed by atoms with E-state index in [4.69, 9.17) is 11.6 Å². The molecule has 1 atom stereocenters. The van der Waals surface area contributed by atoms with Crippen molar-refractivity contribution in [1.29, 1.82) is 5.26 Å². The summed E-state index contributed by atoms with van der Waals surface area (Å²) in [5.41, 5.74) is 6.45. The summed E-state index contributed by atoms with van der Waals surface area (Å²) in [6.45, 7) is 2.43. The average Bonchev–Trinajstić information content (AvgIpc) is 2.87. The van der Waals surface area contributed by atoms with Crippen molar-refractivity contribution in [2.75, 3.05) is 17.6 Å². The molecule has 0 aliphatic carbocycles. The number of pyridine rings is 1. The van der Waals surface area contributed by atoms with Gasteiger partial charge in [-0.1, -0.05) is 71.4 Å². The van der Waals surface area contributed by atoms with Gasteiger partial charge < -0.3 is 10.4 Å². The summed E-state index contributed by atoms with van der Waals surface area (Å²) in [5, 5.41) is 25.3. The zero-order valence-corrected chi connectivity index (χ0v) is 20.3. The van der Waals surface area contributed by atoms with Crippen molar-refractivity contribution in [3.63, 3.8) is 0 Å². The van der Waals surface area contributed by atoms with E-state index in [0.29, 0.717) is 22.9 Å². The highest BCUT2D eigenvalue weighted by Gasteiger charge is 2.22. The van der Waals surface area contributed by atoms with Gasteiger partial charge in [-0.25, -0.2) is 0 Å². The smallest absolute Gasteiger partial charge is 0.257 e. The van der Waals surface area contributed by atoms with Crippen molar-refractivity contribution >= 4 is 29.1 Å². The van der Waals surface area contributed by atoms with Gasteiger partial charge in [0.1, 0.15) is 11.6 Å². The Morgan fingerprint density at radius 3 is 2.38 bits per heavy atom. The quantitative estimate of drug-likeness (QED) is 0.289. The molecule has 170 valence electrons. The van der Waals surface area contributed by atoms with Crippen LogP contribution < -0.4 is 10.3 Å². The molecule has 0 radical (unpaired) electrons. The monoisotopic (exact) mass is 486 g/mol. The molecule has 6 heteroatoms. The van der Waals surface area contributed by atoms with Crippen LogP contribution in [-0.4, -0.2) is 23.5 Å². The summed E-state index contributed by atoms with van der Waals surface area (Å²) >= 11 is 7.38. The number of anilines is 1. The van der Waals surface area contributed by atoms with Gasteiger partial charge in [-0.2, -0.15) is 10.2 Å². The van der Waals surface area contributed by atoms with Crippen LogP contribution in [0, 0.1) is 18.3 Å². The molecule has 1 aromatic heterocycles. The van der Waals surface area contributed by atoms with Crippen LogP contribution in [0.1, 0.15) is 11.1 Å². The molecule has 4 aromatic rings. The van der Waals surface area contributed by atoms with Gasteiger partial charge >= 0.3 is 0 Å². The van der Waals surface area contributed by atoms with Crippen molar-refractivity contribution in [2.24, 2.45) is 0 Å². The number of H-pyrrole nitrogens is 1. The molecule has 0 saturated heterocycles. The van der Waals surface area contributed by atoms with Gasteiger partial charge in [0.05, 0.1) is 6.10 Å². The number of aromatic nitrogens is 1. The van der Waals surface area contributed by atoms with Gasteiger partial charge in [0.25, 0.3) is 5.03 Å². The minimum absolute atomic E-state index is 0.389. The van der Waals surface area contributed by atoms with Crippen LogP contribution in [0.2, 0.25) is 5.02 Å². The Labute approximate surface area is 209 Å². The fourth-order valence-electron chi connectivity index (χ4n) is 3.55. The zero-order chi connectivity index (χ0) is 23.9. The Balaban J connectivity index is 1.60. The maximum Gasteiger partial charge on any atom is 0.257 e. The van der Waals surface area contributed by atoms with Crippen LogP contribution in [0.5, 0.6) is 0 Å². The number of hydrogen-bond donors (Lipinski definition) is 2. The van der Waals surface area contributed by atoms with Crippen molar-refractivity contribution < 1.29 is 10.1 Å². The Hall–Kier alpha value is -3.30. The largest absolute Gasteiger partial charge is 0.390 e. The standard InChI is InChI=1S/C28H24ClN3OS/c1-19-7-9-20(10-8-19)25-15-27(21-5-3-2-4-6-21)32-28(26(25)16-30)34-18-24(33)17-31-23-13-11-22(29)12-14-23/h2-15,24,31,33H,17-18H2,1H3/p+1. The number of aryl methyl sites for hydroxylation is 1. The molecule has 0 fully saturated rings. The topological polar surface area (TPSA) is 70.2 Å². The summed E-state index contributed by atoms with van der Waals surface area (Å²) in [6.07, 6.45) is -0.608. The molecule has 1 heterocycles. The number of hydrogen-bond acceptors (Lipinski definition) is 4. The van der Waals surface area contributed by atoms with Crippen LogP contribution in [-0.2, 0) is 0 Å². The van der Waals surface area contributed by atoms with Crippen molar-refractivity contribution in [1.82, 2.24) is 0 Å². The Morgan fingerprint density at radius 1 is 1.00 bits per heavy atom. The summed E-state index contributed by atoms with van der Waals surface area (Å²) in [4.78, 5) is 3.43. The van der Waals surface area contributed by atoms with Crippen LogP contribution in [0.3, 0.4) is 0 Å². The fraction of sp³-hybridized carbons (Fsp3) is 0.143. The van der Waals surface area contributed by atoms with Gasteiger partial charge in [0, 0.05) is 40.2 Å². The van der Waals surface area contributed by atoms with E-state index in [-0.39, 0.29) is 0 Å². The lowest BCUT2D eigenvalue weighted by atomic mass is 9.98. The van der Waals surface area contributed by atoms with Gasteiger partial charge in [-0.05, 0) is 48.9 Å². The van der Waals surface area contributed by atoms with E-state index >= 15 is 0 Å². The van der Waals surface area contributed by atoms with E-state index < -0.39 is 6.10 Å². The predicted octanol–water partition coefficient (Wildman–Crippen LogP) is 6.23. The number of nitriles is 1. The number of aromatic amines is 1. The van der Waals surface area contributed by atoms with Gasteiger partial charge in [0.15, 0.2) is 0 Å². The van der Waals surface area contributed by atoms with E-state index in [2.05, 4.69) is 16.4 Å². The summed E-state index contributed by atoms with van der Waals surface area (Å²) < 4.78 is 0. The van der Waals surface area contributed by atoms with Gasteiger partial charge in [-0.15, -0.1) is 0 Å². The normalized spacial score (nSPS) is 11.6. The molecule has 3 N–H and O–H groups in total. The third-order valence-electron chi connectivity index (χ3n) is 5.40. The van der Waals surface area contributed by atoms with Crippen LogP contribution in [0.15, 0.2) is 90.0 Å². The molecule has 0 amide bonds. The van der Waals surface area contributed by atoms with E-state index in [9.17, 15) is 10.4 Å². The Morgan fingerprint density at radius 2 is 1.71 bits per heavy atom. The van der Waals surface area contributed by atoms with Crippen molar-refractivity contribution in [2.45, 2.75) is 18.1 Å². The maximum atomic E-state index is 10.6. The summed E-state index contributed by atoms with van der Waals surface area (Å²) in [7, 11) is 0. The number of benzene rings is 3. The molecule has 4 rings (SSSR count). The molecule has 4 nitrogen and oxygen atoms in total. The van der Waals surface area contributed by atoms with Gasteiger partial charge in [0.2, 0.25) is 5.69 Å². The third kappa shape index (κ3) is 5.98. The number of thioether (sulfide) groups is 1. The Kier molecular flexibility index (Phi) is 7.87. The summed E-state index contributed by atoms with van der Waals surface area (Å²) in [5.74, 6) is 0.428. The van der Waals surface area contributed by atoms with Crippen LogP contribution in [0.25, 0.3) is 22.4 Å². The molecule has 0 aliphatic rings. The first-order chi connectivity index (χ1) is 16.5. The highest BCUT2D eigenvalue weighted by atomic mass is 35.5. The second-order valence-electron chi connectivity index (χ2n) is 8.00. The second kappa shape index (κ2) is 11.2. The number of halogens is 1. The minimum atomic E-state index is -0.608. The van der Waals surface area contributed by atoms with Crippen LogP contribution >= 0.6 is 23.4 Å². The Bertz CT molecular complexity index is 1290. The molecular formula is C28H25ClN3OS+. The summed E-state index contributed by atoms with van der Waals surface area (Å²) in [6, 6.07) is 30.0. The molecular weight excluding hydrogens is 462 g/mol. The second-order valence-corrected chi connectivity index (χ2v) is 9.46. The lowest BCUT2D eigenvalue weighted by Crippen LogP contribution is -2.23.